The minimum absolute atomic E-state index is 0.115. The highest BCUT2D eigenvalue weighted by molar-refractivity contribution is 7.14. The van der Waals surface area contributed by atoms with Gasteiger partial charge in [-0.2, -0.15) is 5.10 Å². The summed E-state index contributed by atoms with van der Waals surface area (Å²) in [6.07, 6.45) is 5.54. The lowest BCUT2D eigenvalue weighted by Crippen LogP contribution is -2.48. The van der Waals surface area contributed by atoms with E-state index in [0.717, 1.165) is 22.5 Å². The number of amides is 2. The third-order valence-corrected chi connectivity index (χ3v) is 6.49. The van der Waals surface area contributed by atoms with Crippen molar-refractivity contribution in [3.63, 3.8) is 0 Å². The number of ether oxygens (including phenoxy) is 1. The zero-order valence-corrected chi connectivity index (χ0v) is 19.6. The number of hydrogen-bond donors (Lipinski definition) is 2. The van der Waals surface area contributed by atoms with E-state index in [1.54, 1.807) is 16.9 Å². The Kier molecular flexibility index (Phi) is 5.76. The third-order valence-electron chi connectivity index (χ3n) is 5.73. The number of benzene rings is 1. The SMILES string of the molecule is Cn1ccc(-c2cccc(-c3csc(NC(=O)CNC(=O)c4ccn(C5(C)COC5)c4)n3)c2)n1. The number of aromatic nitrogens is 4. The Morgan fingerprint density at radius 1 is 1.15 bits per heavy atom. The molecular weight excluding hydrogens is 452 g/mol. The van der Waals surface area contributed by atoms with Crippen LogP contribution in [0.5, 0.6) is 0 Å². The third kappa shape index (κ3) is 4.50. The van der Waals surface area contributed by atoms with Gasteiger partial charge in [-0.15, -0.1) is 11.3 Å². The van der Waals surface area contributed by atoms with Crippen LogP contribution in [0.4, 0.5) is 5.13 Å². The molecular formula is C24H24N6O3S. The monoisotopic (exact) mass is 476 g/mol. The molecule has 1 aromatic carbocycles. The molecule has 5 rings (SSSR count). The number of hydrogen-bond acceptors (Lipinski definition) is 6. The Morgan fingerprint density at radius 3 is 2.65 bits per heavy atom. The summed E-state index contributed by atoms with van der Waals surface area (Å²) in [6.45, 7) is 3.17. The number of nitrogens with zero attached hydrogens (tertiary/aromatic N) is 4. The van der Waals surface area contributed by atoms with Gasteiger partial charge in [-0.25, -0.2) is 4.98 Å². The Balaban J connectivity index is 1.17. The van der Waals surface area contributed by atoms with E-state index in [1.165, 1.54) is 11.3 Å². The minimum atomic E-state index is -0.338. The molecule has 3 aromatic heterocycles. The molecule has 1 fully saturated rings. The summed E-state index contributed by atoms with van der Waals surface area (Å²) in [4.78, 5) is 29.3. The van der Waals surface area contributed by atoms with Crippen LogP contribution in [-0.4, -0.2) is 50.9 Å². The predicted molar refractivity (Wildman–Crippen MR) is 130 cm³/mol. The number of carbonyl (C=O) groups is 2. The lowest BCUT2D eigenvalue weighted by Gasteiger charge is -2.39. The number of rotatable bonds is 7. The molecule has 1 saturated heterocycles. The molecule has 0 radical (unpaired) electrons. The van der Waals surface area contributed by atoms with Crippen molar-refractivity contribution in [1.29, 1.82) is 0 Å². The Bertz CT molecular complexity index is 1350. The fraction of sp³-hybridized carbons (Fsp3) is 0.250. The second kappa shape index (κ2) is 8.88. The fourth-order valence-corrected chi connectivity index (χ4v) is 4.45. The van der Waals surface area contributed by atoms with Gasteiger partial charge >= 0.3 is 0 Å². The number of carbonyl (C=O) groups excluding carboxylic acids is 2. The van der Waals surface area contributed by atoms with Crippen molar-refractivity contribution in [2.75, 3.05) is 25.1 Å². The fourth-order valence-electron chi connectivity index (χ4n) is 3.71. The Labute approximate surface area is 200 Å². The molecule has 34 heavy (non-hydrogen) atoms. The Morgan fingerprint density at radius 2 is 1.94 bits per heavy atom. The van der Waals surface area contributed by atoms with Gasteiger partial charge in [-0.05, 0) is 25.1 Å². The summed E-state index contributed by atoms with van der Waals surface area (Å²) in [5.41, 5.74) is 3.96. The highest BCUT2D eigenvalue weighted by Crippen LogP contribution is 2.28. The van der Waals surface area contributed by atoms with E-state index in [1.807, 2.05) is 59.7 Å². The second-order valence-electron chi connectivity index (χ2n) is 8.52. The first-order valence-corrected chi connectivity index (χ1v) is 11.7. The normalized spacial score (nSPS) is 14.4. The lowest BCUT2D eigenvalue weighted by molar-refractivity contribution is -0.115. The average Bonchev–Trinajstić information content (AvgIpc) is 3.57. The van der Waals surface area contributed by atoms with Crippen molar-refractivity contribution in [3.8, 4) is 22.5 Å². The zero-order valence-electron chi connectivity index (χ0n) is 18.8. The first-order valence-electron chi connectivity index (χ1n) is 10.8. The van der Waals surface area contributed by atoms with Crippen LogP contribution in [0.15, 0.2) is 60.4 Å². The molecule has 0 unspecified atom stereocenters. The molecule has 1 aliphatic rings. The number of nitrogens with one attached hydrogen (secondary N) is 2. The first-order chi connectivity index (χ1) is 16.4. The molecule has 0 atom stereocenters. The average molecular weight is 477 g/mol. The Hall–Kier alpha value is -3.76. The molecule has 2 N–H and O–H groups in total. The van der Waals surface area contributed by atoms with Crippen molar-refractivity contribution >= 4 is 28.3 Å². The van der Waals surface area contributed by atoms with E-state index in [4.69, 9.17) is 4.74 Å². The summed E-state index contributed by atoms with van der Waals surface area (Å²) in [5.74, 6) is -0.640. The van der Waals surface area contributed by atoms with Crippen LogP contribution in [0.3, 0.4) is 0 Å². The van der Waals surface area contributed by atoms with Gasteiger partial charge in [0, 0.05) is 42.1 Å². The smallest absolute Gasteiger partial charge is 0.253 e. The van der Waals surface area contributed by atoms with E-state index < -0.39 is 0 Å². The van der Waals surface area contributed by atoms with Crippen molar-refractivity contribution in [1.82, 2.24) is 24.6 Å². The van der Waals surface area contributed by atoms with Crippen molar-refractivity contribution in [2.24, 2.45) is 7.05 Å². The predicted octanol–water partition coefficient (Wildman–Crippen LogP) is 3.13. The molecule has 4 heterocycles. The van der Waals surface area contributed by atoms with Gasteiger partial charge in [0.05, 0.1) is 42.2 Å². The molecule has 2 amide bonds. The molecule has 174 valence electrons. The van der Waals surface area contributed by atoms with E-state index in [0.29, 0.717) is 23.9 Å². The lowest BCUT2D eigenvalue weighted by atomic mass is 10.0. The van der Waals surface area contributed by atoms with Crippen LogP contribution < -0.4 is 10.6 Å². The maximum absolute atomic E-state index is 12.4. The van der Waals surface area contributed by atoms with Gasteiger partial charge in [-0.1, -0.05) is 18.2 Å². The molecule has 0 aliphatic carbocycles. The topological polar surface area (TPSA) is 103 Å². The van der Waals surface area contributed by atoms with Crippen molar-refractivity contribution in [3.05, 3.63) is 65.9 Å². The maximum Gasteiger partial charge on any atom is 0.253 e. The summed E-state index contributed by atoms with van der Waals surface area (Å²) >= 11 is 1.33. The van der Waals surface area contributed by atoms with Crippen molar-refractivity contribution in [2.45, 2.75) is 12.5 Å². The van der Waals surface area contributed by atoms with Crippen LogP contribution in [-0.2, 0) is 22.1 Å². The summed E-state index contributed by atoms with van der Waals surface area (Å²) in [5, 5.41) is 12.2. The van der Waals surface area contributed by atoms with Gasteiger partial charge in [0.25, 0.3) is 5.91 Å². The van der Waals surface area contributed by atoms with Crippen LogP contribution in [0.25, 0.3) is 22.5 Å². The molecule has 10 heteroatoms. The number of aryl methyl sites for hydroxylation is 1. The van der Waals surface area contributed by atoms with Crippen LogP contribution in [0.1, 0.15) is 17.3 Å². The highest BCUT2D eigenvalue weighted by atomic mass is 32.1. The first kappa shape index (κ1) is 22.1. The minimum Gasteiger partial charge on any atom is -0.376 e. The second-order valence-corrected chi connectivity index (χ2v) is 9.38. The van der Waals surface area contributed by atoms with E-state index in [2.05, 4.69) is 27.6 Å². The molecule has 0 bridgehead atoms. The van der Waals surface area contributed by atoms with Gasteiger partial charge in [0.15, 0.2) is 5.13 Å². The summed E-state index contributed by atoms with van der Waals surface area (Å²) < 4.78 is 9.01. The van der Waals surface area contributed by atoms with E-state index in [9.17, 15) is 9.59 Å². The number of anilines is 1. The van der Waals surface area contributed by atoms with E-state index >= 15 is 0 Å². The molecule has 0 saturated carbocycles. The zero-order chi connectivity index (χ0) is 23.7. The van der Waals surface area contributed by atoms with Gasteiger partial charge in [0.2, 0.25) is 5.91 Å². The van der Waals surface area contributed by atoms with Gasteiger partial charge in [-0.3, -0.25) is 14.3 Å². The van der Waals surface area contributed by atoms with Gasteiger partial charge < -0.3 is 19.9 Å². The molecule has 9 nitrogen and oxygen atoms in total. The summed E-state index contributed by atoms with van der Waals surface area (Å²) in [6, 6.07) is 11.6. The number of thiazole rings is 1. The largest absolute Gasteiger partial charge is 0.376 e. The summed E-state index contributed by atoms with van der Waals surface area (Å²) in [7, 11) is 1.88. The van der Waals surface area contributed by atoms with E-state index in [-0.39, 0.29) is 23.9 Å². The van der Waals surface area contributed by atoms with Crippen molar-refractivity contribution < 1.29 is 14.3 Å². The standard InChI is InChI=1S/C24H24N6O3S/c1-24(14-33-15-24)30-9-6-18(12-30)22(32)25-11-21(31)27-23-26-20(13-34-23)17-5-3-4-16(10-17)19-7-8-29(2)28-19/h3-10,12-13H,11,14-15H2,1-2H3,(H,25,32)(H,26,27,31). The van der Waals surface area contributed by atoms with Crippen LogP contribution in [0.2, 0.25) is 0 Å². The van der Waals surface area contributed by atoms with Crippen LogP contribution >= 0.6 is 11.3 Å². The maximum atomic E-state index is 12.4. The van der Waals surface area contributed by atoms with Crippen LogP contribution in [0, 0.1) is 0 Å². The molecule has 0 spiro atoms. The molecule has 1 aliphatic heterocycles. The molecule has 4 aromatic rings. The highest BCUT2D eigenvalue weighted by Gasteiger charge is 2.35. The van der Waals surface area contributed by atoms with Gasteiger partial charge in [0.1, 0.15) is 0 Å². The quantitative estimate of drug-likeness (QED) is 0.427.